The summed E-state index contributed by atoms with van der Waals surface area (Å²) in [5.74, 6) is -1.99. The van der Waals surface area contributed by atoms with E-state index in [1.165, 1.54) is 12.1 Å². The molecule has 0 radical (unpaired) electrons. The molecule has 1 aromatic heterocycles. The van der Waals surface area contributed by atoms with Crippen LogP contribution in [0.1, 0.15) is 25.5 Å². The van der Waals surface area contributed by atoms with Gasteiger partial charge in [-0.1, -0.05) is 6.07 Å². The smallest absolute Gasteiger partial charge is 0.313 e. The third kappa shape index (κ3) is 4.52. The molecule has 0 aliphatic carbocycles. The molecule has 0 saturated heterocycles. The van der Waals surface area contributed by atoms with Crippen LogP contribution >= 0.6 is 0 Å². The summed E-state index contributed by atoms with van der Waals surface area (Å²) in [4.78, 5) is 28.0. The van der Waals surface area contributed by atoms with E-state index >= 15 is 0 Å². The summed E-state index contributed by atoms with van der Waals surface area (Å²) in [6.45, 7) is 3.84. The number of carbonyl (C=O) groups excluding carboxylic acids is 2. The van der Waals surface area contributed by atoms with Crippen LogP contribution in [0.25, 0.3) is 0 Å². The van der Waals surface area contributed by atoms with Crippen LogP contribution in [-0.2, 0) is 9.59 Å². The van der Waals surface area contributed by atoms with Crippen LogP contribution in [0.15, 0.2) is 42.7 Å². The minimum atomic E-state index is -0.905. The number of amides is 2. The Morgan fingerprint density at radius 2 is 2.08 bits per heavy atom. The van der Waals surface area contributed by atoms with E-state index in [1.54, 1.807) is 38.4 Å². The van der Waals surface area contributed by atoms with Crippen LogP contribution in [-0.4, -0.2) is 23.4 Å². The van der Waals surface area contributed by atoms with Crippen molar-refractivity contribution in [2.45, 2.75) is 19.9 Å². The SMILES string of the molecule is CCOc1ccc(F)cc1NC(=O)C(=O)N[C@H](C)c1cccnc1. The Hall–Kier alpha value is -2.96. The molecule has 1 atom stereocenters. The lowest BCUT2D eigenvalue weighted by molar-refractivity contribution is -0.136. The Kier molecular flexibility index (Phi) is 5.83. The van der Waals surface area contributed by atoms with Crippen molar-refractivity contribution in [1.82, 2.24) is 10.3 Å². The van der Waals surface area contributed by atoms with Gasteiger partial charge in [0.05, 0.1) is 18.3 Å². The van der Waals surface area contributed by atoms with E-state index in [0.29, 0.717) is 12.4 Å². The number of aromatic nitrogens is 1. The minimum Gasteiger partial charge on any atom is -0.492 e. The molecule has 0 aliphatic rings. The van der Waals surface area contributed by atoms with Crippen LogP contribution in [0, 0.1) is 5.82 Å². The zero-order chi connectivity index (χ0) is 17.5. The molecule has 24 heavy (non-hydrogen) atoms. The summed E-state index contributed by atoms with van der Waals surface area (Å²) in [7, 11) is 0. The highest BCUT2D eigenvalue weighted by Gasteiger charge is 2.19. The monoisotopic (exact) mass is 331 g/mol. The van der Waals surface area contributed by atoms with Gasteiger partial charge in [-0.2, -0.15) is 0 Å². The fourth-order valence-electron chi connectivity index (χ4n) is 2.04. The van der Waals surface area contributed by atoms with Crippen molar-refractivity contribution in [3.05, 3.63) is 54.1 Å². The second-order valence-corrected chi connectivity index (χ2v) is 5.01. The van der Waals surface area contributed by atoms with Gasteiger partial charge in [-0.3, -0.25) is 14.6 Å². The van der Waals surface area contributed by atoms with E-state index in [1.807, 2.05) is 0 Å². The Morgan fingerprint density at radius 1 is 1.29 bits per heavy atom. The van der Waals surface area contributed by atoms with Crippen molar-refractivity contribution in [3.8, 4) is 5.75 Å². The largest absolute Gasteiger partial charge is 0.492 e. The number of benzene rings is 1. The molecular weight excluding hydrogens is 313 g/mol. The number of ether oxygens (including phenoxy) is 1. The molecule has 2 amide bonds. The molecule has 6 nitrogen and oxygen atoms in total. The maximum Gasteiger partial charge on any atom is 0.313 e. The minimum absolute atomic E-state index is 0.103. The van der Waals surface area contributed by atoms with Gasteiger partial charge < -0.3 is 15.4 Å². The highest BCUT2D eigenvalue weighted by Crippen LogP contribution is 2.25. The number of anilines is 1. The number of nitrogens with zero attached hydrogens (tertiary/aromatic N) is 1. The molecule has 0 aliphatic heterocycles. The number of nitrogens with one attached hydrogen (secondary N) is 2. The highest BCUT2D eigenvalue weighted by atomic mass is 19.1. The van der Waals surface area contributed by atoms with Crippen molar-refractivity contribution < 1.29 is 18.7 Å². The molecule has 126 valence electrons. The maximum absolute atomic E-state index is 13.4. The number of rotatable bonds is 5. The molecule has 0 bridgehead atoms. The summed E-state index contributed by atoms with van der Waals surface area (Å²) < 4.78 is 18.7. The first kappa shape index (κ1) is 17.4. The molecule has 2 aromatic rings. The second kappa shape index (κ2) is 8.05. The molecule has 0 saturated carbocycles. The lowest BCUT2D eigenvalue weighted by Crippen LogP contribution is -2.37. The molecule has 7 heteroatoms. The lowest BCUT2D eigenvalue weighted by atomic mass is 10.1. The van der Waals surface area contributed by atoms with E-state index in [-0.39, 0.29) is 5.69 Å². The Balaban J connectivity index is 2.04. The predicted molar refractivity (Wildman–Crippen MR) is 87.0 cm³/mol. The maximum atomic E-state index is 13.4. The van der Waals surface area contributed by atoms with Gasteiger partial charge in [0.1, 0.15) is 11.6 Å². The molecule has 1 heterocycles. The van der Waals surface area contributed by atoms with Crippen molar-refractivity contribution in [2.24, 2.45) is 0 Å². The van der Waals surface area contributed by atoms with Gasteiger partial charge in [0, 0.05) is 18.5 Å². The molecule has 0 spiro atoms. The first-order valence-electron chi connectivity index (χ1n) is 7.45. The zero-order valence-corrected chi connectivity index (χ0v) is 13.4. The molecular formula is C17H18FN3O3. The van der Waals surface area contributed by atoms with Gasteiger partial charge in [-0.05, 0) is 37.6 Å². The number of pyridine rings is 1. The number of hydrogen-bond donors (Lipinski definition) is 2. The van der Waals surface area contributed by atoms with Gasteiger partial charge in [-0.15, -0.1) is 0 Å². The van der Waals surface area contributed by atoms with Gasteiger partial charge in [0.2, 0.25) is 0 Å². The summed E-state index contributed by atoms with van der Waals surface area (Å²) in [5.41, 5.74) is 0.866. The molecule has 2 N–H and O–H groups in total. The Morgan fingerprint density at radius 3 is 2.75 bits per heavy atom. The normalized spacial score (nSPS) is 11.5. The third-order valence-electron chi connectivity index (χ3n) is 3.23. The average molecular weight is 331 g/mol. The standard InChI is InChI=1S/C17H18FN3O3/c1-3-24-15-7-6-13(18)9-14(15)21-17(23)16(22)20-11(2)12-5-4-8-19-10-12/h4-11H,3H2,1-2H3,(H,20,22)(H,21,23)/t11-/m1/s1. The summed E-state index contributed by atoms with van der Waals surface area (Å²) >= 11 is 0. The Labute approximate surface area is 139 Å². The number of halogens is 1. The molecule has 1 aromatic carbocycles. The predicted octanol–water partition coefficient (Wildman–Crippen LogP) is 2.44. The van der Waals surface area contributed by atoms with E-state index < -0.39 is 23.7 Å². The van der Waals surface area contributed by atoms with Crippen LogP contribution in [0.4, 0.5) is 10.1 Å². The Bertz CT molecular complexity index is 722. The van der Waals surface area contributed by atoms with Crippen molar-refractivity contribution in [1.29, 1.82) is 0 Å². The van der Waals surface area contributed by atoms with Crippen LogP contribution < -0.4 is 15.4 Å². The summed E-state index contributed by atoms with van der Waals surface area (Å²) in [6.07, 6.45) is 3.21. The second-order valence-electron chi connectivity index (χ2n) is 5.01. The number of hydrogen-bond acceptors (Lipinski definition) is 4. The van der Waals surface area contributed by atoms with E-state index in [0.717, 1.165) is 11.6 Å². The van der Waals surface area contributed by atoms with Crippen molar-refractivity contribution in [2.75, 3.05) is 11.9 Å². The highest BCUT2D eigenvalue weighted by molar-refractivity contribution is 6.39. The fourth-order valence-corrected chi connectivity index (χ4v) is 2.04. The number of carbonyl (C=O) groups is 2. The van der Waals surface area contributed by atoms with E-state index in [4.69, 9.17) is 4.74 Å². The quantitative estimate of drug-likeness (QED) is 0.825. The van der Waals surface area contributed by atoms with Crippen LogP contribution in [0.5, 0.6) is 5.75 Å². The lowest BCUT2D eigenvalue weighted by Gasteiger charge is -2.15. The van der Waals surface area contributed by atoms with E-state index in [2.05, 4.69) is 15.6 Å². The van der Waals surface area contributed by atoms with Crippen molar-refractivity contribution >= 4 is 17.5 Å². The van der Waals surface area contributed by atoms with Gasteiger partial charge >= 0.3 is 11.8 Å². The summed E-state index contributed by atoms with van der Waals surface area (Å²) in [5, 5.41) is 4.92. The zero-order valence-electron chi connectivity index (χ0n) is 13.4. The summed E-state index contributed by atoms with van der Waals surface area (Å²) in [6, 6.07) is 6.83. The van der Waals surface area contributed by atoms with Crippen LogP contribution in [0.3, 0.4) is 0 Å². The topological polar surface area (TPSA) is 80.3 Å². The first-order chi connectivity index (χ1) is 11.5. The van der Waals surface area contributed by atoms with E-state index in [9.17, 15) is 14.0 Å². The van der Waals surface area contributed by atoms with Gasteiger partial charge in [0.15, 0.2) is 0 Å². The van der Waals surface area contributed by atoms with Crippen LogP contribution in [0.2, 0.25) is 0 Å². The molecule has 0 fully saturated rings. The van der Waals surface area contributed by atoms with Gasteiger partial charge in [-0.25, -0.2) is 4.39 Å². The third-order valence-corrected chi connectivity index (χ3v) is 3.23. The van der Waals surface area contributed by atoms with Gasteiger partial charge in [0.25, 0.3) is 0 Å². The average Bonchev–Trinajstić information content (AvgIpc) is 2.58. The molecule has 0 unspecified atom stereocenters. The first-order valence-corrected chi connectivity index (χ1v) is 7.45. The fraction of sp³-hybridized carbons (Fsp3) is 0.235. The van der Waals surface area contributed by atoms with Crippen molar-refractivity contribution in [3.63, 3.8) is 0 Å². The molecule has 2 rings (SSSR count).